The van der Waals surface area contributed by atoms with E-state index in [1.165, 1.54) is 0 Å². The number of aromatic amines is 1. The van der Waals surface area contributed by atoms with Crippen molar-refractivity contribution in [3.8, 4) is 17.1 Å². The number of nitrogens with one attached hydrogen (secondary N) is 1. The van der Waals surface area contributed by atoms with E-state index >= 15 is 0 Å². The number of H-pyrrole nitrogens is 1. The van der Waals surface area contributed by atoms with E-state index in [4.69, 9.17) is 9.72 Å². The molecule has 2 aromatic heterocycles. The fourth-order valence-corrected chi connectivity index (χ4v) is 4.75. The summed E-state index contributed by atoms with van der Waals surface area (Å²) in [4.78, 5) is 22.6. The van der Waals surface area contributed by atoms with Crippen LogP contribution in [0.2, 0.25) is 0 Å². The van der Waals surface area contributed by atoms with Crippen LogP contribution in [0, 0.1) is 13.8 Å². The van der Waals surface area contributed by atoms with E-state index in [1.54, 1.807) is 11.3 Å². The minimum atomic E-state index is -0.112. The minimum absolute atomic E-state index is 0.112. The lowest BCUT2D eigenvalue weighted by Gasteiger charge is -2.14. The number of ether oxygens (including phenoxy) is 1. The summed E-state index contributed by atoms with van der Waals surface area (Å²) in [6.45, 7) is 4.43. The lowest BCUT2D eigenvalue weighted by molar-refractivity contribution is 0.308. The number of thiophene rings is 1. The van der Waals surface area contributed by atoms with E-state index in [2.05, 4.69) is 11.1 Å². The quantitative estimate of drug-likeness (QED) is 0.394. The summed E-state index contributed by atoms with van der Waals surface area (Å²) in [5.41, 5.74) is 2.78. The van der Waals surface area contributed by atoms with Crippen LogP contribution < -0.4 is 10.3 Å². The first-order chi connectivity index (χ1) is 14.6. The highest BCUT2D eigenvalue weighted by molar-refractivity contribution is 7.18. The summed E-state index contributed by atoms with van der Waals surface area (Å²) in [5, 5.41) is 2.74. The minimum Gasteiger partial charge on any atom is -0.488 e. The summed E-state index contributed by atoms with van der Waals surface area (Å²) >= 11 is 1.55. The van der Waals surface area contributed by atoms with Crippen LogP contribution in [0.15, 0.2) is 71.5 Å². The molecule has 0 fully saturated rings. The second-order valence-electron chi connectivity index (χ2n) is 7.31. The van der Waals surface area contributed by atoms with Crippen LogP contribution >= 0.6 is 11.3 Å². The van der Waals surface area contributed by atoms with Gasteiger partial charge in [-0.05, 0) is 41.8 Å². The van der Waals surface area contributed by atoms with Crippen molar-refractivity contribution in [3.63, 3.8) is 0 Å². The highest BCUT2D eigenvalue weighted by Crippen LogP contribution is 2.37. The molecule has 4 nitrogen and oxygen atoms in total. The van der Waals surface area contributed by atoms with Gasteiger partial charge in [0, 0.05) is 4.88 Å². The molecule has 0 saturated heterocycles. The predicted octanol–water partition coefficient (Wildman–Crippen LogP) is 6.00. The van der Waals surface area contributed by atoms with Gasteiger partial charge in [-0.2, -0.15) is 0 Å². The van der Waals surface area contributed by atoms with Crippen LogP contribution in [0.3, 0.4) is 0 Å². The van der Waals surface area contributed by atoms with Gasteiger partial charge in [-0.25, -0.2) is 4.98 Å². The molecule has 0 aliphatic rings. The van der Waals surface area contributed by atoms with Crippen molar-refractivity contribution in [2.45, 2.75) is 20.5 Å². The lowest BCUT2D eigenvalue weighted by atomic mass is 10.0. The van der Waals surface area contributed by atoms with Crippen LogP contribution in [-0.4, -0.2) is 9.97 Å². The maximum Gasteiger partial charge on any atom is 0.260 e. The van der Waals surface area contributed by atoms with Gasteiger partial charge in [0.05, 0.1) is 10.9 Å². The standard InChI is InChI=1S/C25H20N2O2S/c1-15-16(2)30-25-21(15)24(28)26-23(27-25)22-19-11-7-6-10-18(19)12-13-20(22)29-14-17-8-4-3-5-9-17/h3-13H,14H2,1-2H3,(H,26,27,28). The molecule has 0 spiro atoms. The average Bonchev–Trinajstić information content (AvgIpc) is 3.06. The second-order valence-corrected chi connectivity index (χ2v) is 8.52. The number of benzene rings is 3. The van der Waals surface area contributed by atoms with E-state index in [1.807, 2.05) is 74.5 Å². The molecular weight excluding hydrogens is 392 g/mol. The molecular formula is C25H20N2O2S. The Balaban J connectivity index is 1.70. The molecule has 5 aromatic rings. The molecule has 30 heavy (non-hydrogen) atoms. The highest BCUT2D eigenvalue weighted by atomic mass is 32.1. The number of hydrogen-bond acceptors (Lipinski definition) is 4. The Morgan fingerprint density at radius 1 is 0.967 bits per heavy atom. The SMILES string of the molecule is Cc1sc2nc(-c3c(OCc4ccccc4)ccc4ccccc34)[nH]c(=O)c2c1C. The van der Waals surface area contributed by atoms with Crippen molar-refractivity contribution < 1.29 is 4.74 Å². The predicted molar refractivity (Wildman–Crippen MR) is 123 cm³/mol. The summed E-state index contributed by atoms with van der Waals surface area (Å²) in [6, 6.07) is 22.1. The number of fused-ring (bicyclic) bond motifs is 2. The molecule has 0 aliphatic heterocycles. The van der Waals surface area contributed by atoms with Gasteiger partial charge in [0.1, 0.15) is 23.0 Å². The van der Waals surface area contributed by atoms with Gasteiger partial charge in [-0.3, -0.25) is 4.79 Å². The maximum atomic E-state index is 12.9. The van der Waals surface area contributed by atoms with Gasteiger partial charge >= 0.3 is 0 Å². The lowest BCUT2D eigenvalue weighted by Crippen LogP contribution is -2.10. The molecule has 0 aliphatic carbocycles. The van der Waals surface area contributed by atoms with Crippen molar-refractivity contribution >= 4 is 32.3 Å². The summed E-state index contributed by atoms with van der Waals surface area (Å²) in [7, 11) is 0. The van der Waals surface area contributed by atoms with E-state index in [9.17, 15) is 4.79 Å². The van der Waals surface area contributed by atoms with Gasteiger partial charge < -0.3 is 9.72 Å². The van der Waals surface area contributed by atoms with Crippen LogP contribution in [0.4, 0.5) is 0 Å². The van der Waals surface area contributed by atoms with Crippen molar-refractivity contribution in [2.75, 3.05) is 0 Å². The zero-order valence-electron chi connectivity index (χ0n) is 16.7. The summed E-state index contributed by atoms with van der Waals surface area (Å²) in [5.74, 6) is 1.23. The van der Waals surface area contributed by atoms with Gasteiger partial charge in [-0.1, -0.05) is 60.7 Å². The molecule has 0 unspecified atom stereocenters. The smallest absolute Gasteiger partial charge is 0.260 e. The molecule has 5 rings (SSSR count). The molecule has 148 valence electrons. The first kappa shape index (κ1) is 18.6. The molecule has 0 amide bonds. The van der Waals surface area contributed by atoms with Crippen LogP contribution in [-0.2, 0) is 6.61 Å². The van der Waals surface area contributed by atoms with Crippen LogP contribution in [0.25, 0.3) is 32.4 Å². The fourth-order valence-electron chi connectivity index (χ4n) is 3.72. The molecule has 0 bridgehead atoms. The number of rotatable bonds is 4. The largest absolute Gasteiger partial charge is 0.488 e. The van der Waals surface area contributed by atoms with Crippen LogP contribution in [0.5, 0.6) is 5.75 Å². The first-order valence-corrected chi connectivity index (χ1v) is 10.6. The average molecular weight is 413 g/mol. The number of hydrogen-bond donors (Lipinski definition) is 1. The van der Waals surface area contributed by atoms with Crippen molar-refractivity contribution in [3.05, 3.63) is 93.1 Å². The third-order valence-electron chi connectivity index (χ3n) is 5.40. The molecule has 2 heterocycles. The van der Waals surface area contributed by atoms with E-state index in [-0.39, 0.29) is 5.56 Å². The Labute approximate surface area is 177 Å². The molecule has 0 radical (unpaired) electrons. The van der Waals surface area contributed by atoms with Gasteiger partial charge in [0.2, 0.25) is 0 Å². The first-order valence-electron chi connectivity index (χ1n) is 9.80. The fraction of sp³-hybridized carbons (Fsp3) is 0.120. The zero-order chi connectivity index (χ0) is 20.7. The van der Waals surface area contributed by atoms with E-state index in [0.717, 1.165) is 37.2 Å². The molecule has 0 saturated carbocycles. The third kappa shape index (κ3) is 3.17. The normalized spacial score (nSPS) is 11.3. The van der Waals surface area contributed by atoms with Gasteiger partial charge in [0.15, 0.2) is 0 Å². The maximum absolute atomic E-state index is 12.9. The summed E-state index contributed by atoms with van der Waals surface area (Å²) < 4.78 is 6.21. The number of nitrogens with zero attached hydrogens (tertiary/aromatic N) is 1. The van der Waals surface area contributed by atoms with E-state index in [0.29, 0.717) is 23.6 Å². The molecule has 0 atom stereocenters. The van der Waals surface area contributed by atoms with Crippen molar-refractivity contribution in [2.24, 2.45) is 0 Å². The zero-order valence-corrected chi connectivity index (χ0v) is 17.5. The van der Waals surface area contributed by atoms with Gasteiger partial charge in [0.25, 0.3) is 5.56 Å². The monoisotopic (exact) mass is 412 g/mol. The Kier molecular flexibility index (Phi) is 4.60. The summed E-state index contributed by atoms with van der Waals surface area (Å²) in [6.07, 6.45) is 0. The molecule has 3 aromatic carbocycles. The third-order valence-corrected chi connectivity index (χ3v) is 6.50. The van der Waals surface area contributed by atoms with Crippen LogP contribution in [0.1, 0.15) is 16.0 Å². The van der Waals surface area contributed by atoms with Gasteiger partial charge in [-0.15, -0.1) is 11.3 Å². The molecule has 1 N–H and O–H groups in total. The Morgan fingerprint density at radius 3 is 2.57 bits per heavy atom. The van der Waals surface area contributed by atoms with Crippen molar-refractivity contribution in [1.82, 2.24) is 9.97 Å². The number of aromatic nitrogens is 2. The highest BCUT2D eigenvalue weighted by Gasteiger charge is 2.18. The second kappa shape index (κ2) is 7.43. The Morgan fingerprint density at radius 2 is 1.73 bits per heavy atom. The van der Waals surface area contributed by atoms with Crippen molar-refractivity contribution in [1.29, 1.82) is 0 Å². The Bertz CT molecular complexity index is 1430. The number of aryl methyl sites for hydroxylation is 2. The topological polar surface area (TPSA) is 55.0 Å². The molecule has 5 heteroatoms. The Hall–Kier alpha value is -3.44. The van der Waals surface area contributed by atoms with E-state index < -0.39 is 0 Å².